The third-order valence-corrected chi connectivity index (χ3v) is 3.41. The Balaban J connectivity index is 3.75. The molecule has 0 rings (SSSR count). The Morgan fingerprint density at radius 2 is 1.33 bits per heavy atom. The largest absolute Gasteiger partial charge is 0.481 e. The van der Waals surface area contributed by atoms with Crippen LogP contribution in [0.2, 0.25) is 0 Å². The van der Waals surface area contributed by atoms with Crippen LogP contribution in [-0.4, -0.2) is 33.5 Å². The van der Waals surface area contributed by atoms with Gasteiger partial charge in [-0.25, -0.2) is 0 Å². The maximum absolute atomic E-state index is 10.3. The van der Waals surface area contributed by atoms with Crippen LogP contribution in [-0.2, 0) is 4.79 Å². The highest BCUT2D eigenvalue weighted by molar-refractivity contribution is 5.66. The molecule has 2 atom stereocenters. The first kappa shape index (κ1) is 22.4. The van der Waals surface area contributed by atoms with Crippen molar-refractivity contribution in [1.29, 1.82) is 0 Å². The zero-order valence-corrected chi connectivity index (χ0v) is 14.7. The maximum atomic E-state index is 10.3. The fraction of sp³-hybridized carbons (Fsp3) is 0.550. The quantitative estimate of drug-likeness (QED) is 0.329. The van der Waals surface area contributed by atoms with Crippen LogP contribution in [0.25, 0.3) is 0 Å². The molecule has 4 heteroatoms. The van der Waals surface area contributed by atoms with Gasteiger partial charge in [-0.2, -0.15) is 0 Å². The lowest BCUT2D eigenvalue weighted by atomic mass is 10.1. The first-order chi connectivity index (χ1) is 11.6. The number of allylic oxidation sites excluding steroid dienone is 6. The Labute approximate surface area is 145 Å². The Bertz CT molecular complexity index is 421. The second kappa shape index (κ2) is 16.2. The summed E-state index contributed by atoms with van der Waals surface area (Å²) in [5.41, 5.74) is 0. The monoisotopic (exact) mass is 336 g/mol. The topological polar surface area (TPSA) is 77.8 Å². The molecule has 0 aromatic heterocycles. The second-order valence-electron chi connectivity index (χ2n) is 5.66. The second-order valence-corrected chi connectivity index (χ2v) is 5.66. The zero-order valence-electron chi connectivity index (χ0n) is 14.7. The van der Waals surface area contributed by atoms with Gasteiger partial charge in [-0.1, -0.05) is 55.5 Å². The number of carbonyl (C=O) groups is 1. The average Bonchev–Trinajstić information content (AvgIpc) is 2.55. The van der Waals surface area contributed by atoms with Gasteiger partial charge < -0.3 is 15.3 Å². The SMILES string of the molecule is CC/C=C\C/C=C\C/C=C\C[C@H](O)[C@@H](O)C/C=C\CCCC(=O)O. The number of aliphatic hydroxyl groups excluding tert-OH is 2. The van der Waals surface area contributed by atoms with E-state index in [1.807, 2.05) is 18.2 Å². The van der Waals surface area contributed by atoms with Crippen LogP contribution in [0.3, 0.4) is 0 Å². The van der Waals surface area contributed by atoms with Crippen molar-refractivity contribution in [3.63, 3.8) is 0 Å². The molecule has 0 saturated heterocycles. The summed E-state index contributed by atoms with van der Waals surface area (Å²) in [5.74, 6) is -0.794. The summed E-state index contributed by atoms with van der Waals surface area (Å²) >= 11 is 0. The van der Waals surface area contributed by atoms with E-state index < -0.39 is 18.2 Å². The van der Waals surface area contributed by atoms with Gasteiger partial charge >= 0.3 is 5.97 Å². The predicted octanol–water partition coefficient (Wildman–Crippen LogP) is 4.16. The molecule has 0 unspecified atom stereocenters. The van der Waals surface area contributed by atoms with Crippen LogP contribution < -0.4 is 0 Å². The van der Waals surface area contributed by atoms with Crippen molar-refractivity contribution in [2.24, 2.45) is 0 Å². The minimum atomic E-state index is -0.794. The Hall–Kier alpha value is -1.65. The van der Waals surface area contributed by atoms with Crippen LogP contribution in [0.15, 0.2) is 48.6 Å². The van der Waals surface area contributed by atoms with Crippen molar-refractivity contribution in [2.75, 3.05) is 0 Å². The Morgan fingerprint density at radius 1 is 0.833 bits per heavy atom. The molecule has 0 aliphatic carbocycles. The Kier molecular flexibility index (Phi) is 15.1. The normalized spacial score (nSPS) is 15.1. The lowest BCUT2D eigenvalue weighted by molar-refractivity contribution is -0.137. The molecule has 0 aromatic rings. The molecular formula is C20H32O4. The highest BCUT2D eigenvalue weighted by Gasteiger charge is 2.12. The van der Waals surface area contributed by atoms with Crippen molar-refractivity contribution >= 4 is 5.97 Å². The van der Waals surface area contributed by atoms with E-state index in [0.717, 1.165) is 19.3 Å². The summed E-state index contributed by atoms with van der Waals surface area (Å²) in [6, 6.07) is 0. The maximum Gasteiger partial charge on any atom is 0.303 e. The molecule has 0 aromatic carbocycles. The predicted molar refractivity (Wildman–Crippen MR) is 98.8 cm³/mol. The smallest absolute Gasteiger partial charge is 0.303 e. The van der Waals surface area contributed by atoms with E-state index in [4.69, 9.17) is 5.11 Å². The number of aliphatic hydroxyl groups is 2. The van der Waals surface area contributed by atoms with Gasteiger partial charge in [0.1, 0.15) is 0 Å². The van der Waals surface area contributed by atoms with Crippen LogP contribution in [0.1, 0.15) is 58.3 Å². The third-order valence-electron chi connectivity index (χ3n) is 3.41. The van der Waals surface area contributed by atoms with Gasteiger partial charge in [0.25, 0.3) is 0 Å². The van der Waals surface area contributed by atoms with Crippen molar-refractivity contribution in [2.45, 2.75) is 70.5 Å². The van der Waals surface area contributed by atoms with Crippen molar-refractivity contribution < 1.29 is 20.1 Å². The molecule has 0 radical (unpaired) electrons. The van der Waals surface area contributed by atoms with Crippen LogP contribution in [0, 0.1) is 0 Å². The van der Waals surface area contributed by atoms with Gasteiger partial charge in [-0.15, -0.1) is 0 Å². The van der Waals surface area contributed by atoms with Crippen LogP contribution in [0.5, 0.6) is 0 Å². The van der Waals surface area contributed by atoms with Crippen molar-refractivity contribution in [3.05, 3.63) is 48.6 Å². The molecule has 0 saturated carbocycles. The van der Waals surface area contributed by atoms with E-state index in [9.17, 15) is 15.0 Å². The first-order valence-electron chi connectivity index (χ1n) is 8.75. The molecule has 0 aliphatic rings. The number of hydrogen-bond acceptors (Lipinski definition) is 3. The molecule has 0 heterocycles. The van der Waals surface area contributed by atoms with Crippen LogP contribution >= 0.6 is 0 Å². The molecule has 0 aliphatic heterocycles. The molecule has 0 spiro atoms. The molecular weight excluding hydrogens is 304 g/mol. The van der Waals surface area contributed by atoms with E-state index in [2.05, 4.69) is 31.2 Å². The lowest BCUT2D eigenvalue weighted by Crippen LogP contribution is -2.24. The first-order valence-corrected chi connectivity index (χ1v) is 8.75. The number of carboxylic acids is 1. The van der Waals surface area contributed by atoms with Gasteiger partial charge in [0.2, 0.25) is 0 Å². The number of carboxylic acid groups (broad SMARTS) is 1. The van der Waals surface area contributed by atoms with Gasteiger partial charge in [0.05, 0.1) is 12.2 Å². The minimum Gasteiger partial charge on any atom is -0.481 e. The van der Waals surface area contributed by atoms with Gasteiger partial charge in [-0.05, 0) is 44.9 Å². The fourth-order valence-electron chi connectivity index (χ4n) is 1.98. The summed E-state index contributed by atoms with van der Waals surface area (Å²) in [6.45, 7) is 2.11. The van der Waals surface area contributed by atoms with E-state index in [1.165, 1.54) is 0 Å². The molecule has 3 N–H and O–H groups in total. The summed E-state index contributed by atoms with van der Waals surface area (Å²) in [4.78, 5) is 10.3. The third kappa shape index (κ3) is 15.3. The summed E-state index contributed by atoms with van der Waals surface area (Å²) in [7, 11) is 0. The molecule has 0 fully saturated rings. The molecule has 24 heavy (non-hydrogen) atoms. The van der Waals surface area contributed by atoms with Gasteiger partial charge in [0, 0.05) is 6.42 Å². The molecule has 0 bridgehead atoms. The lowest BCUT2D eigenvalue weighted by Gasteiger charge is -2.14. The number of unbranched alkanes of at least 4 members (excludes halogenated alkanes) is 1. The molecule has 0 amide bonds. The summed E-state index contributed by atoms with van der Waals surface area (Å²) < 4.78 is 0. The zero-order chi connectivity index (χ0) is 18.0. The van der Waals surface area contributed by atoms with E-state index in [0.29, 0.717) is 25.7 Å². The van der Waals surface area contributed by atoms with Crippen molar-refractivity contribution in [1.82, 2.24) is 0 Å². The molecule has 4 nitrogen and oxygen atoms in total. The highest BCUT2D eigenvalue weighted by Crippen LogP contribution is 2.07. The minimum absolute atomic E-state index is 0.156. The van der Waals surface area contributed by atoms with E-state index >= 15 is 0 Å². The molecule has 136 valence electrons. The number of hydrogen-bond donors (Lipinski definition) is 3. The summed E-state index contributed by atoms with van der Waals surface area (Å²) in [6.07, 6.45) is 19.5. The van der Waals surface area contributed by atoms with Gasteiger partial charge in [-0.3, -0.25) is 4.79 Å². The highest BCUT2D eigenvalue weighted by atomic mass is 16.4. The van der Waals surface area contributed by atoms with Gasteiger partial charge in [0.15, 0.2) is 0 Å². The van der Waals surface area contributed by atoms with Crippen molar-refractivity contribution in [3.8, 4) is 0 Å². The standard InChI is InChI=1S/C20H32O4/c1-2-3-4-5-6-7-8-9-12-15-18(21)19(22)16-13-10-11-14-17-20(23)24/h3-4,6-7,9-10,12-13,18-19,21-22H,2,5,8,11,14-17H2,1H3,(H,23,24)/b4-3-,7-6-,12-9-,13-10-/t18-,19-/m0/s1. The van der Waals surface area contributed by atoms with E-state index in [1.54, 1.807) is 6.08 Å². The number of rotatable bonds is 14. The summed E-state index contributed by atoms with van der Waals surface area (Å²) in [5, 5.41) is 28.2. The van der Waals surface area contributed by atoms with Crippen LogP contribution in [0.4, 0.5) is 0 Å². The Morgan fingerprint density at radius 3 is 1.88 bits per heavy atom. The number of aliphatic carboxylic acids is 1. The average molecular weight is 336 g/mol. The fourth-order valence-corrected chi connectivity index (χ4v) is 1.98. The van der Waals surface area contributed by atoms with E-state index in [-0.39, 0.29) is 6.42 Å².